The van der Waals surface area contributed by atoms with Crippen molar-refractivity contribution in [3.63, 3.8) is 0 Å². The largest absolute Gasteiger partial charge is 0.497 e. The molecule has 0 aromatic carbocycles. The quantitative estimate of drug-likeness (QED) is 0.685. The molecule has 2 aliphatic rings. The molecular formula is C10H13O2. The molecule has 0 aromatic rings. The van der Waals surface area contributed by atoms with Crippen LogP contribution in [0.15, 0.2) is 24.0 Å². The Hall–Kier alpha value is -0.760. The number of allylic oxidation sites excluding steroid dienone is 2. The predicted octanol–water partition coefficient (Wildman–Crippen LogP) is 1.43. The molecule has 2 nitrogen and oxygen atoms in total. The summed E-state index contributed by atoms with van der Waals surface area (Å²) in [6.45, 7) is 0.808. The maximum Gasteiger partial charge on any atom is 0.103 e. The van der Waals surface area contributed by atoms with E-state index in [0.29, 0.717) is 0 Å². The van der Waals surface area contributed by atoms with Gasteiger partial charge >= 0.3 is 0 Å². The van der Waals surface area contributed by atoms with E-state index in [4.69, 9.17) is 4.74 Å². The third kappa shape index (κ3) is 2.11. The average molecular weight is 165 g/mol. The summed E-state index contributed by atoms with van der Waals surface area (Å²) in [7, 11) is 0. The van der Waals surface area contributed by atoms with E-state index in [1.54, 1.807) is 12.5 Å². The molecule has 1 fully saturated rings. The Morgan fingerprint density at radius 1 is 1.50 bits per heavy atom. The summed E-state index contributed by atoms with van der Waals surface area (Å²) < 4.78 is 5.47. The van der Waals surface area contributed by atoms with Crippen molar-refractivity contribution in [3.8, 4) is 0 Å². The lowest BCUT2D eigenvalue weighted by atomic mass is 10.1. The second kappa shape index (κ2) is 3.31. The van der Waals surface area contributed by atoms with Crippen LogP contribution >= 0.6 is 0 Å². The summed E-state index contributed by atoms with van der Waals surface area (Å²) >= 11 is 0. The molecule has 1 atom stereocenters. The van der Waals surface area contributed by atoms with Crippen LogP contribution < -0.4 is 0 Å². The second-order valence-electron chi connectivity index (χ2n) is 3.37. The topological polar surface area (TPSA) is 29.5 Å². The van der Waals surface area contributed by atoms with E-state index in [-0.39, 0.29) is 0 Å². The molecule has 0 bridgehead atoms. The molecule has 2 rings (SSSR count). The molecule has 0 amide bonds. The Labute approximate surface area is 72.5 Å². The van der Waals surface area contributed by atoms with Crippen molar-refractivity contribution in [2.24, 2.45) is 5.92 Å². The van der Waals surface area contributed by atoms with Crippen LogP contribution in [0.4, 0.5) is 0 Å². The minimum absolute atomic E-state index is 0.468. The zero-order chi connectivity index (χ0) is 8.39. The summed E-state index contributed by atoms with van der Waals surface area (Å²) in [6, 6.07) is 0. The number of aliphatic hydroxyl groups excluding tert-OH is 1. The molecular weight excluding hydrogens is 152 g/mol. The first kappa shape index (κ1) is 7.87. The standard InChI is InChI=1S/C10H13O2/c11-9-2-1-3-10(6-9)12-7-8-4-5-8/h1-3,6,8-9,11H,4-5,7H2. The van der Waals surface area contributed by atoms with E-state index in [0.717, 1.165) is 18.3 Å². The number of aliphatic hydroxyl groups is 1. The third-order valence-corrected chi connectivity index (χ3v) is 2.09. The molecule has 12 heavy (non-hydrogen) atoms. The number of hydrogen-bond donors (Lipinski definition) is 1. The van der Waals surface area contributed by atoms with E-state index in [1.165, 1.54) is 12.8 Å². The van der Waals surface area contributed by atoms with Crippen LogP contribution in [0.3, 0.4) is 0 Å². The summed E-state index contributed by atoms with van der Waals surface area (Å²) in [5.41, 5.74) is 0. The van der Waals surface area contributed by atoms with Gasteiger partial charge in [-0.3, -0.25) is 0 Å². The maximum absolute atomic E-state index is 9.20. The first-order valence-corrected chi connectivity index (χ1v) is 4.39. The monoisotopic (exact) mass is 165 g/mol. The summed E-state index contributed by atoms with van der Waals surface area (Å²) in [6.07, 6.45) is 9.29. The lowest BCUT2D eigenvalue weighted by Gasteiger charge is -2.14. The van der Waals surface area contributed by atoms with E-state index in [9.17, 15) is 5.11 Å². The van der Waals surface area contributed by atoms with Gasteiger partial charge in [0.1, 0.15) is 5.76 Å². The van der Waals surface area contributed by atoms with Crippen molar-refractivity contribution < 1.29 is 9.84 Å². The summed E-state index contributed by atoms with van der Waals surface area (Å²) in [5.74, 6) is 1.57. The predicted molar refractivity (Wildman–Crippen MR) is 46.2 cm³/mol. The van der Waals surface area contributed by atoms with Crippen LogP contribution in [0.25, 0.3) is 0 Å². The van der Waals surface area contributed by atoms with Gasteiger partial charge in [0.25, 0.3) is 0 Å². The molecule has 65 valence electrons. The van der Waals surface area contributed by atoms with E-state index in [2.05, 4.69) is 0 Å². The summed E-state index contributed by atoms with van der Waals surface area (Å²) in [4.78, 5) is 0. The van der Waals surface area contributed by atoms with Gasteiger partial charge in [-0.15, -0.1) is 0 Å². The third-order valence-electron chi connectivity index (χ3n) is 2.09. The second-order valence-corrected chi connectivity index (χ2v) is 3.37. The van der Waals surface area contributed by atoms with Crippen molar-refractivity contribution in [2.75, 3.05) is 6.61 Å². The Morgan fingerprint density at radius 2 is 2.33 bits per heavy atom. The van der Waals surface area contributed by atoms with Crippen molar-refractivity contribution >= 4 is 0 Å². The Balaban J connectivity index is 1.78. The number of rotatable bonds is 3. The molecule has 2 heteroatoms. The lowest BCUT2D eigenvalue weighted by molar-refractivity contribution is 0.180. The zero-order valence-electron chi connectivity index (χ0n) is 6.94. The first-order valence-electron chi connectivity index (χ1n) is 4.39. The van der Waals surface area contributed by atoms with Crippen LogP contribution in [-0.4, -0.2) is 17.8 Å². The lowest BCUT2D eigenvalue weighted by Crippen LogP contribution is -2.10. The number of ether oxygens (including phenoxy) is 1. The summed E-state index contributed by atoms with van der Waals surface area (Å²) in [5, 5.41) is 9.20. The van der Waals surface area contributed by atoms with Crippen molar-refractivity contribution in [1.82, 2.24) is 0 Å². The Bertz CT molecular complexity index is 214. The van der Waals surface area contributed by atoms with Crippen molar-refractivity contribution in [1.29, 1.82) is 0 Å². The fourth-order valence-electron chi connectivity index (χ4n) is 1.14. The van der Waals surface area contributed by atoms with E-state index >= 15 is 0 Å². The van der Waals surface area contributed by atoms with Gasteiger partial charge in [-0.25, -0.2) is 0 Å². The molecule has 0 saturated heterocycles. The van der Waals surface area contributed by atoms with Crippen LogP contribution in [0.1, 0.15) is 12.8 Å². The van der Waals surface area contributed by atoms with Gasteiger partial charge in [-0.1, -0.05) is 12.2 Å². The smallest absolute Gasteiger partial charge is 0.103 e. The van der Waals surface area contributed by atoms with Gasteiger partial charge in [-0.05, 0) is 24.8 Å². The first-order chi connectivity index (χ1) is 5.84. The van der Waals surface area contributed by atoms with Crippen LogP contribution in [0.2, 0.25) is 0 Å². The number of hydrogen-bond acceptors (Lipinski definition) is 2. The fourth-order valence-corrected chi connectivity index (χ4v) is 1.14. The van der Waals surface area contributed by atoms with Crippen LogP contribution in [0.5, 0.6) is 0 Å². The molecule has 1 saturated carbocycles. The van der Waals surface area contributed by atoms with Gasteiger partial charge in [0.15, 0.2) is 0 Å². The maximum atomic E-state index is 9.20. The molecule has 1 unspecified atom stereocenters. The van der Waals surface area contributed by atoms with Gasteiger partial charge in [-0.2, -0.15) is 0 Å². The minimum Gasteiger partial charge on any atom is -0.497 e. The molecule has 0 aromatic heterocycles. The molecule has 0 spiro atoms. The highest BCUT2D eigenvalue weighted by Gasteiger charge is 2.22. The van der Waals surface area contributed by atoms with Gasteiger partial charge < -0.3 is 9.84 Å². The molecule has 1 N–H and O–H groups in total. The van der Waals surface area contributed by atoms with Crippen LogP contribution in [-0.2, 0) is 4.74 Å². The van der Waals surface area contributed by atoms with E-state index < -0.39 is 6.10 Å². The molecule has 0 heterocycles. The molecule has 0 aliphatic heterocycles. The van der Waals surface area contributed by atoms with E-state index in [1.807, 2.05) is 12.2 Å². The highest BCUT2D eigenvalue weighted by Crippen LogP contribution is 2.30. The van der Waals surface area contributed by atoms with Crippen molar-refractivity contribution in [3.05, 3.63) is 30.4 Å². The highest BCUT2D eigenvalue weighted by atomic mass is 16.5. The Morgan fingerprint density at radius 3 is 3.00 bits per heavy atom. The molecule has 1 radical (unpaired) electrons. The normalized spacial score (nSPS) is 28.4. The van der Waals surface area contributed by atoms with Gasteiger partial charge in [0.2, 0.25) is 0 Å². The minimum atomic E-state index is -0.468. The van der Waals surface area contributed by atoms with Crippen LogP contribution in [0, 0.1) is 12.3 Å². The Kier molecular flexibility index (Phi) is 2.17. The highest BCUT2D eigenvalue weighted by molar-refractivity contribution is 5.25. The molecule has 2 aliphatic carbocycles. The van der Waals surface area contributed by atoms with Gasteiger partial charge in [0, 0.05) is 0 Å². The van der Waals surface area contributed by atoms with Gasteiger partial charge in [0.05, 0.1) is 19.1 Å². The average Bonchev–Trinajstić information content (AvgIpc) is 2.84. The SMILES string of the molecule is OC1[CH]C(OCC2CC2)=CC=C1. The zero-order valence-corrected chi connectivity index (χ0v) is 6.94. The fraction of sp³-hybridized carbons (Fsp3) is 0.500. The van der Waals surface area contributed by atoms with Crippen molar-refractivity contribution in [2.45, 2.75) is 18.9 Å².